The van der Waals surface area contributed by atoms with Gasteiger partial charge in [-0.1, -0.05) is 11.6 Å². The lowest BCUT2D eigenvalue weighted by atomic mass is 10.5. The van der Waals surface area contributed by atoms with Crippen LogP contribution in [0.15, 0.2) is 36.7 Å². The summed E-state index contributed by atoms with van der Waals surface area (Å²) in [5, 5.41) is 10.7. The average Bonchev–Trinajstić information content (AvgIpc) is 2.29. The van der Waals surface area contributed by atoms with Gasteiger partial charge in [0.05, 0.1) is 6.20 Å². The normalized spacial score (nSPS) is 9.41. The zero-order valence-electron chi connectivity index (χ0n) is 8.28. The van der Waals surface area contributed by atoms with Crippen LogP contribution in [-0.4, -0.2) is 4.98 Å². The first kappa shape index (κ1) is 13.6. The molecule has 2 rings (SSSR count). The third-order valence-corrected chi connectivity index (χ3v) is 2.04. The van der Waals surface area contributed by atoms with Gasteiger partial charge in [0.2, 0.25) is 6.20 Å². The molecule has 0 spiro atoms. The summed E-state index contributed by atoms with van der Waals surface area (Å²) in [6.45, 7) is 0. The SMILES string of the molecule is Fc1ccc(Cl)nc1.[O-][n+]1cc(F)ccc1Cl. The lowest BCUT2D eigenvalue weighted by Crippen LogP contribution is -2.26. The highest BCUT2D eigenvalue weighted by Gasteiger charge is 2.00. The Labute approximate surface area is 106 Å². The minimum absolute atomic E-state index is 0.0311. The molecule has 90 valence electrons. The Morgan fingerprint density at radius 1 is 1.06 bits per heavy atom. The van der Waals surface area contributed by atoms with E-state index in [2.05, 4.69) is 4.98 Å². The van der Waals surface area contributed by atoms with E-state index in [4.69, 9.17) is 23.2 Å². The Bertz CT molecular complexity index is 473. The molecule has 0 aliphatic carbocycles. The minimum atomic E-state index is -0.589. The van der Waals surface area contributed by atoms with Gasteiger partial charge in [0, 0.05) is 6.07 Å². The molecular weight excluding hydrogens is 273 g/mol. The molecule has 0 radical (unpaired) electrons. The number of aromatic nitrogens is 2. The molecule has 2 heterocycles. The van der Waals surface area contributed by atoms with Gasteiger partial charge in [0.15, 0.2) is 5.82 Å². The quantitative estimate of drug-likeness (QED) is 0.422. The molecule has 0 aliphatic rings. The van der Waals surface area contributed by atoms with Crippen molar-refractivity contribution in [3.63, 3.8) is 0 Å². The number of hydrogen-bond donors (Lipinski definition) is 0. The van der Waals surface area contributed by atoms with E-state index >= 15 is 0 Å². The topological polar surface area (TPSA) is 39.8 Å². The molecule has 0 saturated carbocycles. The number of hydrogen-bond acceptors (Lipinski definition) is 2. The molecule has 0 saturated heterocycles. The van der Waals surface area contributed by atoms with Gasteiger partial charge >= 0.3 is 0 Å². The van der Waals surface area contributed by atoms with E-state index in [1.165, 1.54) is 18.2 Å². The molecule has 0 unspecified atom stereocenters. The van der Waals surface area contributed by atoms with Crippen LogP contribution in [-0.2, 0) is 0 Å². The van der Waals surface area contributed by atoms with Crippen molar-refractivity contribution >= 4 is 23.2 Å². The number of rotatable bonds is 0. The molecule has 0 amide bonds. The standard InChI is InChI=1S/C5H3ClFNO.C5H3ClFN/c6-5-2-1-4(7)3-8(5)9;6-5-2-1-4(7)3-8-5/h1-3H;1-3H. The van der Waals surface area contributed by atoms with E-state index in [0.717, 1.165) is 18.5 Å². The van der Waals surface area contributed by atoms with E-state index in [1.54, 1.807) is 0 Å². The van der Waals surface area contributed by atoms with E-state index in [0.29, 0.717) is 5.15 Å². The second-order valence-electron chi connectivity index (χ2n) is 2.79. The van der Waals surface area contributed by atoms with Crippen molar-refractivity contribution in [1.82, 2.24) is 4.98 Å². The third kappa shape index (κ3) is 4.93. The zero-order valence-corrected chi connectivity index (χ0v) is 9.79. The lowest BCUT2D eigenvalue weighted by molar-refractivity contribution is -0.604. The van der Waals surface area contributed by atoms with Crippen LogP contribution in [0.3, 0.4) is 0 Å². The molecule has 2 aromatic heterocycles. The van der Waals surface area contributed by atoms with E-state index in [-0.39, 0.29) is 15.7 Å². The van der Waals surface area contributed by atoms with E-state index in [1.807, 2.05) is 0 Å². The predicted molar refractivity (Wildman–Crippen MR) is 59.6 cm³/mol. The van der Waals surface area contributed by atoms with Crippen LogP contribution >= 0.6 is 23.2 Å². The molecule has 0 fully saturated rings. The highest BCUT2D eigenvalue weighted by Crippen LogP contribution is 2.02. The van der Waals surface area contributed by atoms with E-state index < -0.39 is 5.82 Å². The van der Waals surface area contributed by atoms with Crippen molar-refractivity contribution in [2.75, 3.05) is 0 Å². The Morgan fingerprint density at radius 3 is 2.12 bits per heavy atom. The Balaban J connectivity index is 0.000000171. The summed E-state index contributed by atoms with van der Waals surface area (Å²) in [7, 11) is 0. The third-order valence-electron chi connectivity index (χ3n) is 1.52. The van der Waals surface area contributed by atoms with Gasteiger partial charge in [-0.25, -0.2) is 13.8 Å². The fraction of sp³-hybridized carbons (Fsp3) is 0. The van der Waals surface area contributed by atoms with Gasteiger partial charge in [-0.05, 0) is 29.8 Å². The second kappa shape index (κ2) is 6.32. The van der Waals surface area contributed by atoms with Crippen molar-refractivity contribution in [3.05, 3.63) is 63.8 Å². The smallest absolute Gasteiger partial charge is 0.286 e. The summed E-state index contributed by atoms with van der Waals surface area (Å²) in [5.74, 6) is -0.955. The van der Waals surface area contributed by atoms with Crippen LogP contribution < -0.4 is 4.73 Å². The Morgan fingerprint density at radius 2 is 1.71 bits per heavy atom. The van der Waals surface area contributed by atoms with Gasteiger partial charge in [-0.2, -0.15) is 4.73 Å². The minimum Gasteiger partial charge on any atom is -0.618 e. The summed E-state index contributed by atoms with van der Waals surface area (Å²) < 4.78 is 24.3. The fourth-order valence-electron chi connectivity index (χ4n) is 0.796. The summed E-state index contributed by atoms with van der Waals surface area (Å²) in [6.07, 6.45) is 1.84. The molecule has 0 N–H and O–H groups in total. The number of pyridine rings is 2. The van der Waals surface area contributed by atoms with Crippen molar-refractivity contribution in [2.45, 2.75) is 0 Å². The van der Waals surface area contributed by atoms with Crippen LogP contribution in [0.1, 0.15) is 0 Å². The predicted octanol–water partition coefficient (Wildman–Crippen LogP) is 2.99. The van der Waals surface area contributed by atoms with Crippen molar-refractivity contribution in [2.24, 2.45) is 0 Å². The Kier molecular flexibility index (Phi) is 5.06. The highest BCUT2D eigenvalue weighted by atomic mass is 35.5. The average molecular weight is 279 g/mol. The molecule has 3 nitrogen and oxygen atoms in total. The maximum atomic E-state index is 12.1. The maximum absolute atomic E-state index is 12.1. The maximum Gasteiger partial charge on any atom is 0.286 e. The summed E-state index contributed by atoms with van der Waals surface area (Å²) >= 11 is 10.6. The zero-order chi connectivity index (χ0) is 12.8. The molecule has 7 heteroatoms. The van der Waals surface area contributed by atoms with Gasteiger partial charge in [-0.15, -0.1) is 0 Å². The number of halogens is 4. The van der Waals surface area contributed by atoms with Crippen molar-refractivity contribution in [3.8, 4) is 0 Å². The molecule has 0 bridgehead atoms. The fourth-order valence-corrected chi connectivity index (χ4v) is 1.02. The largest absolute Gasteiger partial charge is 0.618 e. The van der Waals surface area contributed by atoms with Gasteiger partial charge in [-0.3, -0.25) is 0 Å². The van der Waals surface area contributed by atoms with Crippen LogP contribution in [0, 0.1) is 16.8 Å². The molecular formula is C10H6Cl2F2N2O. The van der Waals surface area contributed by atoms with Crippen LogP contribution in [0.5, 0.6) is 0 Å². The summed E-state index contributed by atoms with van der Waals surface area (Å²) in [4.78, 5) is 3.47. The van der Waals surface area contributed by atoms with Gasteiger partial charge < -0.3 is 5.21 Å². The molecule has 0 atom stereocenters. The first-order valence-corrected chi connectivity index (χ1v) is 5.06. The first-order chi connectivity index (χ1) is 7.99. The second-order valence-corrected chi connectivity index (χ2v) is 3.57. The van der Waals surface area contributed by atoms with Crippen molar-refractivity contribution < 1.29 is 13.5 Å². The monoisotopic (exact) mass is 278 g/mol. The molecule has 0 aliphatic heterocycles. The highest BCUT2D eigenvalue weighted by molar-refractivity contribution is 6.29. The summed E-state index contributed by atoms with van der Waals surface area (Å²) in [5.41, 5.74) is 0. The van der Waals surface area contributed by atoms with Crippen LogP contribution in [0.4, 0.5) is 8.78 Å². The van der Waals surface area contributed by atoms with Gasteiger partial charge in [0.1, 0.15) is 11.0 Å². The lowest BCUT2D eigenvalue weighted by Gasteiger charge is -1.94. The van der Waals surface area contributed by atoms with E-state index in [9.17, 15) is 14.0 Å². The van der Waals surface area contributed by atoms with Crippen molar-refractivity contribution in [1.29, 1.82) is 0 Å². The van der Waals surface area contributed by atoms with Crippen LogP contribution in [0.25, 0.3) is 0 Å². The molecule has 17 heavy (non-hydrogen) atoms. The molecule has 0 aromatic carbocycles. The van der Waals surface area contributed by atoms with Crippen LogP contribution in [0.2, 0.25) is 10.3 Å². The summed E-state index contributed by atoms with van der Waals surface area (Å²) in [6, 6.07) is 4.98. The first-order valence-electron chi connectivity index (χ1n) is 4.30. The number of nitrogens with zero attached hydrogens (tertiary/aromatic N) is 2. The molecule has 2 aromatic rings. The van der Waals surface area contributed by atoms with Gasteiger partial charge in [0.25, 0.3) is 5.15 Å². The Hall–Kier alpha value is -1.46.